The number of fused-ring (bicyclic) bond motifs is 2. The van der Waals surface area contributed by atoms with E-state index in [1.807, 2.05) is 0 Å². The zero-order valence-electron chi connectivity index (χ0n) is 12.3. The summed E-state index contributed by atoms with van der Waals surface area (Å²) in [6.07, 6.45) is 3.97. The summed E-state index contributed by atoms with van der Waals surface area (Å²) in [5, 5.41) is 0. The molecule has 2 aliphatic rings. The predicted molar refractivity (Wildman–Crippen MR) is 88.5 cm³/mol. The molecule has 1 aromatic rings. The second-order valence-corrected chi connectivity index (χ2v) is 6.59. The van der Waals surface area contributed by atoms with Crippen LogP contribution < -0.4 is 10.6 Å². The van der Waals surface area contributed by atoms with Crippen LogP contribution in [0.15, 0.2) is 18.2 Å². The lowest BCUT2D eigenvalue weighted by Crippen LogP contribution is -2.36. The van der Waals surface area contributed by atoms with Crippen LogP contribution in [0.25, 0.3) is 0 Å². The normalized spacial score (nSPS) is 26.6. The summed E-state index contributed by atoms with van der Waals surface area (Å²) >= 11 is 5.09. The van der Waals surface area contributed by atoms with Gasteiger partial charge in [0, 0.05) is 36.4 Å². The highest BCUT2D eigenvalue weighted by molar-refractivity contribution is 7.80. The molecule has 2 heterocycles. The summed E-state index contributed by atoms with van der Waals surface area (Å²) in [6, 6.07) is 7.95. The molecule has 2 saturated heterocycles. The maximum atomic E-state index is 5.75. The average molecular weight is 289 g/mol. The van der Waals surface area contributed by atoms with Gasteiger partial charge in [-0.3, -0.25) is 4.90 Å². The van der Waals surface area contributed by atoms with E-state index >= 15 is 0 Å². The van der Waals surface area contributed by atoms with Crippen LogP contribution in [0.4, 0.5) is 5.69 Å². The van der Waals surface area contributed by atoms with Gasteiger partial charge in [0.15, 0.2) is 0 Å². The molecule has 2 bridgehead atoms. The molecule has 0 aliphatic carbocycles. The third-order valence-electron chi connectivity index (χ3n) is 4.99. The van der Waals surface area contributed by atoms with Crippen molar-refractivity contribution in [2.45, 2.75) is 38.3 Å². The van der Waals surface area contributed by atoms with Crippen molar-refractivity contribution in [3.05, 3.63) is 29.3 Å². The Bertz CT molecular complexity index is 528. The van der Waals surface area contributed by atoms with Crippen LogP contribution in [-0.2, 0) is 0 Å². The monoisotopic (exact) mass is 289 g/mol. The average Bonchev–Trinajstić information content (AvgIpc) is 2.62. The van der Waals surface area contributed by atoms with Gasteiger partial charge in [0.05, 0.1) is 0 Å². The minimum atomic E-state index is 0.490. The van der Waals surface area contributed by atoms with Gasteiger partial charge in [-0.25, -0.2) is 0 Å². The molecule has 1 aromatic carbocycles. The second kappa shape index (κ2) is 5.34. The predicted octanol–water partition coefficient (Wildman–Crippen LogP) is 2.30. The van der Waals surface area contributed by atoms with Gasteiger partial charge in [-0.05, 0) is 57.0 Å². The van der Waals surface area contributed by atoms with Crippen molar-refractivity contribution in [2.24, 2.45) is 5.73 Å². The minimum Gasteiger partial charge on any atom is -0.389 e. The third-order valence-corrected chi connectivity index (χ3v) is 5.21. The van der Waals surface area contributed by atoms with E-state index < -0.39 is 0 Å². The van der Waals surface area contributed by atoms with Gasteiger partial charge in [0.1, 0.15) is 4.99 Å². The quantitative estimate of drug-likeness (QED) is 0.847. The molecule has 4 heteroatoms. The van der Waals surface area contributed by atoms with E-state index in [-0.39, 0.29) is 0 Å². The first-order valence-corrected chi connectivity index (χ1v) is 7.84. The van der Waals surface area contributed by atoms with Gasteiger partial charge >= 0.3 is 0 Å². The zero-order chi connectivity index (χ0) is 14.3. The Balaban J connectivity index is 1.83. The number of anilines is 1. The molecule has 0 spiro atoms. The maximum absolute atomic E-state index is 5.75. The smallest absolute Gasteiger partial charge is 0.104 e. The van der Waals surface area contributed by atoms with Crippen LogP contribution in [0.5, 0.6) is 0 Å². The Labute approximate surface area is 126 Å². The molecule has 0 saturated carbocycles. The van der Waals surface area contributed by atoms with Crippen molar-refractivity contribution in [3.63, 3.8) is 0 Å². The lowest BCUT2D eigenvalue weighted by Gasteiger charge is -2.28. The summed E-state index contributed by atoms with van der Waals surface area (Å²) in [5.74, 6) is 0. The number of nitrogens with zero attached hydrogens (tertiary/aromatic N) is 2. The molecule has 2 N–H and O–H groups in total. The van der Waals surface area contributed by atoms with E-state index in [0.717, 1.165) is 24.7 Å². The van der Waals surface area contributed by atoms with E-state index in [2.05, 4.69) is 42.0 Å². The van der Waals surface area contributed by atoms with E-state index in [9.17, 15) is 0 Å². The Morgan fingerprint density at radius 1 is 1.25 bits per heavy atom. The Hall–Kier alpha value is -1.13. The number of thiocarbonyl (C=S) groups is 1. The molecule has 0 amide bonds. The lowest BCUT2D eigenvalue weighted by molar-refractivity contribution is 0.254. The minimum absolute atomic E-state index is 0.490. The van der Waals surface area contributed by atoms with Gasteiger partial charge in [0.2, 0.25) is 0 Å². The van der Waals surface area contributed by atoms with E-state index in [0.29, 0.717) is 11.0 Å². The van der Waals surface area contributed by atoms with Crippen LogP contribution in [0.3, 0.4) is 0 Å². The molecule has 2 unspecified atom stereocenters. The van der Waals surface area contributed by atoms with E-state index in [1.165, 1.54) is 30.5 Å². The van der Waals surface area contributed by atoms with Crippen LogP contribution in [0.1, 0.15) is 30.4 Å². The fourth-order valence-corrected chi connectivity index (χ4v) is 3.89. The molecule has 2 fully saturated rings. The number of hydrogen-bond donors (Lipinski definition) is 1. The van der Waals surface area contributed by atoms with E-state index in [4.69, 9.17) is 18.0 Å². The molecular formula is C16H23N3S. The summed E-state index contributed by atoms with van der Waals surface area (Å²) < 4.78 is 0. The van der Waals surface area contributed by atoms with Crippen LogP contribution in [0, 0.1) is 6.92 Å². The number of hydrogen-bond acceptors (Lipinski definition) is 3. The number of nitrogens with two attached hydrogens (primary N) is 1. The lowest BCUT2D eigenvalue weighted by atomic mass is 10.0. The standard InChI is InChI=1S/C16H23N3S/c1-11-9-13(5-6-15(11)16(17)20)19-8-7-12-3-4-14(10-19)18(12)2/h5-6,9,12,14H,3-4,7-8,10H2,1-2H3,(H2,17,20). The summed E-state index contributed by atoms with van der Waals surface area (Å²) in [4.78, 5) is 5.59. The molecule has 3 nitrogen and oxygen atoms in total. The number of likely N-dealkylation sites (N-methyl/N-ethyl adjacent to an activating group) is 1. The van der Waals surface area contributed by atoms with Gasteiger partial charge < -0.3 is 10.6 Å². The number of rotatable bonds is 2. The molecule has 2 atom stereocenters. The SMILES string of the molecule is Cc1cc(N2CCC3CCC(C2)N3C)ccc1C(N)=S. The largest absolute Gasteiger partial charge is 0.389 e. The fraction of sp³-hybridized carbons (Fsp3) is 0.562. The maximum Gasteiger partial charge on any atom is 0.104 e. The second-order valence-electron chi connectivity index (χ2n) is 6.15. The summed E-state index contributed by atoms with van der Waals surface area (Å²) in [7, 11) is 2.28. The molecule has 0 radical (unpaired) electrons. The molecule has 3 rings (SSSR count). The van der Waals surface area contributed by atoms with Gasteiger partial charge in [-0.2, -0.15) is 0 Å². The molecule has 108 valence electrons. The highest BCUT2D eigenvalue weighted by Crippen LogP contribution is 2.31. The third kappa shape index (κ3) is 2.42. The Kier molecular flexibility index (Phi) is 3.69. The van der Waals surface area contributed by atoms with Crippen molar-refractivity contribution in [2.75, 3.05) is 25.0 Å². The first-order chi connectivity index (χ1) is 9.56. The summed E-state index contributed by atoms with van der Waals surface area (Å²) in [5.41, 5.74) is 9.23. The first-order valence-electron chi connectivity index (χ1n) is 7.43. The Morgan fingerprint density at radius 3 is 2.70 bits per heavy atom. The van der Waals surface area contributed by atoms with Crippen molar-refractivity contribution in [1.82, 2.24) is 4.90 Å². The Morgan fingerprint density at radius 2 is 2.00 bits per heavy atom. The van der Waals surface area contributed by atoms with E-state index in [1.54, 1.807) is 0 Å². The fourth-order valence-electron chi connectivity index (χ4n) is 3.66. The topological polar surface area (TPSA) is 32.5 Å². The molecule has 2 aliphatic heterocycles. The molecule has 20 heavy (non-hydrogen) atoms. The van der Waals surface area contributed by atoms with Crippen LogP contribution in [-0.4, -0.2) is 42.1 Å². The molecule has 0 aromatic heterocycles. The van der Waals surface area contributed by atoms with Crippen molar-refractivity contribution in [3.8, 4) is 0 Å². The van der Waals surface area contributed by atoms with Crippen molar-refractivity contribution >= 4 is 22.9 Å². The van der Waals surface area contributed by atoms with Crippen LogP contribution >= 0.6 is 12.2 Å². The molecular weight excluding hydrogens is 266 g/mol. The number of aryl methyl sites for hydroxylation is 1. The van der Waals surface area contributed by atoms with Gasteiger partial charge in [0.25, 0.3) is 0 Å². The van der Waals surface area contributed by atoms with Crippen molar-refractivity contribution in [1.29, 1.82) is 0 Å². The number of benzene rings is 1. The highest BCUT2D eigenvalue weighted by Gasteiger charge is 2.34. The highest BCUT2D eigenvalue weighted by atomic mass is 32.1. The first kappa shape index (κ1) is 13.8. The van der Waals surface area contributed by atoms with Gasteiger partial charge in [-0.1, -0.05) is 12.2 Å². The zero-order valence-corrected chi connectivity index (χ0v) is 13.1. The van der Waals surface area contributed by atoms with Gasteiger partial charge in [-0.15, -0.1) is 0 Å². The van der Waals surface area contributed by atoms with Crippen molar-refractivity contribution < 1.29 is 0 Å². The summed E-state index contributed by atoms with van der Waals surface area (Å²) in [6.45, 7) is 4.38. The van der Waals surface area contributed by atoms with Crippen LogP contribution in [0.2, 0.25) is 0 Å².